The summed E-state index contributed by atoms with van der Waals surface area (Å²) < 4.78 is 0. The normalized spacial score (nSPS) is 17.9. The van der Waals surface area contributed by atoms with Gasteiger partial charge in [-0.25, -0.2) is 9.78 Å². The number of aromatic nitrogens is 1. The lowest BCUT2D eigenvalue weighted by molar-refractivity contribution is 0.0689. The van der Waals surface area contributed by atoms with Gasteiger partial charge in [0, 0.05) is 12.6 Å². The van der Waals surface area contributed by atoms with Gasteiger partial charge in [0.15, 0.2) is 0 Å². The van der Waals surface area contributed by atoms with E-state index in [1.165, 1.54) is 25.0 Å². The number of carbonyl (C=O) groups excluding carboxylic acids is 1. The molecule has 0 unspecified atom stereocenters. The summed E-state index contributed by atoms with van der Waals surface area (Å²) in [4.78, 5) is 29.6. The van der Waals surface area contributed by atoms with Gasteiger partial charge < -0.3 is 10.0 Å². The molecule has 1 aromatic rings. The van der Waals surface area contributed by atoms with Crippen LogP contribution in [0.4, 0.5) is 0 Å². The third-order valence-electron chi connectivity index (χ3n) is 3.94. The predicted molar refractivity (Wildman–Crippen MR) is 72.7 cm³/mol. The molecule has 5 heteroatoms. The van der Waals surface area contributed by atoms with E-state index in [9.17, 15) is 9.59 Å². The van der Waals surface area contributed by atoms with Crippen LogP contribution in [0.2, 0.25) is 0 Å². The molecule has 106 valence electrons. The number of rotatable bonds is 5. The Morgan fingerprint density at radius 2 is 2.00 bits per heavy atom. The third-order valence-corrected chi connectivity index (χ3v) is 3.94. The molecule has 1 amide bonds. The molecule has 3 rings (SSSR count). The van der Waals surface area contributed by atoms with Crippen molar-refractivity contribution in [2.75, 3.05) is 6.54 Å². The maximum Gasteiger partial charge on any atom is 0.337 e. The molecular weight excluding hydrogens is 256 g/mol. The van der Waals surface area contributed by atoms with E-state index >= 15 is 0 Å². The summed E-state index contributed by atoms with van der Waals surface area (Å²) >= 11 is 0. The molecule has 2 fully saturated rings. The summed E-state index contributed by atoms with van der Waals surface area (Å²) in [6.45, 7) is 2.45. The highest BCUT2D eigenvalue weighted by atomic mass is 16.4. The van der Waals surface area contributed by atoms with Crippen molar-refractivity contribution in [2.24, 2.45) is 5.92 Å². The van der Waals surface area contributed by atoms with Gasteiger partial charge in [0.25, 0.3) is 5.91 Å². The molecule has 2 saturated carbocycles. The molecule has 20 heavy (non-hydrogen) atoms. The van der Waals surface area contributed by atoms with Crippen molar-refractivity contribution in [1.29, 1.82) is 0 Å². The highest BCUT2D eigenvalue weighted by molar-refractivity contribution is 5.94. The molecule has 2 aliphatic rings. The summed E-state index contributed by atoms with van der Waals surface area (Å²) in [6, 6.07) is 3.37. The first-order chi connectivity index (χ1) is 9.56. The van der Waals surface area contributed by atoms with Crippen molar-refractivity contribution in [3.8, 4) is 0 Å². The van der Waals surface area contributed by atoms with Crippen molar-refractivity contribution < 1.29 is 14.7 Å². The second kappa shape index (κ2) is 4.89. The summed E-state index contributed by atoms with van der Waals surface area (Å²) in [6.07, 6.45) is 4.57. The smallest absolute Gasteiger partial charge is 0.337 e. The minimum Gasteiger partial charge on any atom is -0.478 e. The number of pyridine rings is 1. The van der Waals surface area contributed by atoms with E-state index in [-0.39, 0.29) is 11.5 Å². The van der Waals surface area contributed by atoms with Gasteiger partial charge in [-0.15, -0.1) is 0 Å². The maximum absolute atomic E-state index is 12.5. The Morgan fingerprint density at radius 1 is 1.30 bits per heavy atom. The van der Waals surface area contributed by atoms with E-state index < -0.39 is 5.97 Å². The first-order valence-electron chi connectivity index (χ1n) is 7.08. The first kappa shape index (κ1) is 13.1. The lowest BCUT2D eigenvalue weighted by Crippen LogP contribution is -2.35. The van der Waals surface area contributed by atoms with Crippen molar-refractivity contribution in [2.45, 2.75) is 38.6 Å². The van der Waals surface area contributed by atoms with E-state index in [1.54, 1.807) is 6.92 Å². The van der Waals surface area contributed by atoms with Crippen LogP contribution in [0.5, 0.6) is 0 Å². The lowest BCUT2D eigenvalue weighted by Gasteiger charge is -2.22. The number of amides is 1. The van der Waals surface area contributed by atoms with E-state index in [1.807, 2.05) is 4.90 Å². The van der Waals surface area contributed by atoms with Gasteiger partial charge in [-0.1, -0.05) is 0 Å². The predicted octanol–water partition coefficient (Wildman–Crippen LogP) is 2.10. The minimum atomic E-state index is -1.01. The number of carbonyl (C=O) groups is 2. The standard InChI is InChI=1S/C15H18N2O3/c1-9-12(15(19)20)6-7-13(16-9)14(18)17(11-4-5-11)8-10-2-3-10/h6-7,10-11H,2-5,8H2,1H3,(H,19,20). The Hall–Kier alpha value is -1.91. The van der Waals surface area contributed by atoms with Crippen molar-refractivity contribution >= 4 is 11.9 Å². The van der Waals surface area contributed by atoms with Crippen LogP contribution >= 0.6 is 0 Å². The van der Waals surface area contributed by atoms with Crippen LogP contribution in [0.1, 0.15) is 52.2 Å². The summed E-state index contributed by atoms with van der Waals surface area (Å²) in [5.74, 6) is -0.413. The van der Waals surface area contributed by atoms with Crippen molar-refractivity contribution in [3.63, 3.8) is 0 Å². The van der Waals surface area contributed by atoms with Gasteiger partial charge in [0.2, 0.25) is 0 Å². The van der Waals surface area contributed by atoms with Crippen molar-refractivity contribution in [3.05, 3.63) is 29.1 Å². The van der Waals surface area contributed by atoms with Gasteiger partial charge in [0.1, 0.15) is 5.69 Å². The van der Waals surface area contributed by atoms with E-state index in [0.717, 1.165) is 19.4 Å². The highest BCUT2D eigenvalue weighted by Gasteiger charge is 2.37. The van der Waals surface area contributed by atoms with Crippen LogP contribution in [-0.2, 0) is 0 Å². The molecule has 2 aliphatic carbocycles. The first-order valence-corrected chi connectivity index (χ1v) is 7.08. The zero-order valence-electron chi connectivity index (χ0n) is 11.5. The van der Waals surface area contributed by atoms with Crippen LogP contribution in [-0.4, -0.2) is 39.5 Å². The number of hydrogen-bond acceptors (Lipinski definition) is 3. The SMILES string of the molecule is Cc1nc(C(=O)N(CC2CC2)C2CC2)ccc1C(=O)O. The Bertz CT molecular complexity index is 562. The van der Waals surface area contributed by atoms with Gasteiger partial charge >= 0.3 is 5.97 Å². The number of carboxylic acid groups (broad SMARTS) is 1. The molecule has 0 saturated heterocycles. The monoisotopic (exact) mass is 274 g/mol. The second-order valence-corrected chi connectivity index (χ2v) is 5.77. The Balaban J connectivity index is 1.81. The third kappa shape index (κ3) is 2.66. The zero-order chi connectivity index (χ0) is 14.3. The van der Waals surface area contributed by atoms with Crippen LogP contribution in [0.15, 0.2) is 12.1 Å². The number of carboxylic acids is 1. The highest BCUT2D eigenvalue weighted by Crippen LogP contribution is 2.35. The largest absolute Gasteiger partial charge is 0.478 e. The number of aromatic carboxylic acids is 1. The van der Waals surface area contributed by atoms with Crippen LogP contribution < -0.4 is 0 Å². The second-order valence-electron chi connectivity index (χ2n) is 5.77. The van der Waals surface area contributed by atoms with Gasteiger partial charge in [-0.3, -0.25) is 4.79 Å². The molecule has 1 N–H and O–H groups in total. The van der Waals surface area contributed by atoms with Crippen LogP contribution in [0.3, 0.4) is 0 Å². The molecule has 5 nitrogen and oxygen atoms in total. The average molecular weight is 274 g/mol. The molecule has 0 aromatic carbocycles. The molecular formula is C15H18N2O3. The Labute approximate surface area is 117 Å². The fourth-order valence-corrected chi connectivity index (χ4v) is 2.42. The number of aryl methyl sites for hydroxylation is 1. The zero-order valence-corrected chi connectivity index (χ0v) is 11.5. The molecule has 0 radical (unpaired) electrons. The summed E-state index contributed by atoms with van der Waals surface area (Å²) in [7, 11) is 0. The number of hydrogen-bond donors (Lipinski definition) is 1. The fourth-order valence-electron chi connectivity index (χ4n) is 2.42. The van der Waals surface area contributed by atoms with Crippen molar-refractivity contribution in [1.82, 2.24) is 9.88 Å². The molecule has 1 aromatic heterocycles. The quantitative estimate of drug-likeness (QED) is 0.892. The molecule has 0 atom stereocenters. The topological polar surface area (TPSA) is 70.5 Å². The van der Waals surface area contributed by atoms with Gasteiger partial charge in [-0.2, -0.15) is 0 Å². The summed E-state index contributed by atoms with van der Waals surface area (Å²) in [5, 5.41) is 8.99. The fraction of sp³-hybridized carbons (Fsp3) is 0.533. The van der Waals surface area contributed by atoms with E-state index in [0.29, 0.717) is 23.3 Å². The molecule has 0 bridgehead atoms. The van der Waals surface area contributed by atoms with Gasteiger partial charge in [0.05, 0.1) is 11.3 Å². The molecule has 0 aliphatic heterocycles. The Kier molecular flexibility index (Phi) is 3.20. The van der Waals surface area contributed by atoms with Gasteiger partial charge in [-0.05, 0) is 50.7 Å². The van der Waals surface area contributed by atoms with E-state index in [4.69, 9.17) is 5.11 Å². The van der Waals surface area contributed by atoms with E-state index in [2.05, 4.69) is 4.98 Å². The Morgan fingerprint density at radius 3 is 2.50 bits per heavy atom. The molecule has 1 heterocycles. The molecule has 0 spiro atoms. The maximum atomic E-state index is 12.5. The van der Waals surface area contributed by atoms with Crippen LogP contribution in [0.25, 0.3) is 0 Å². The average Bonchev–Trinajstić information content (AvgIpc) is 3.26. The van der Waals surface area contributed by atoms with Crippen LogP contribution in [0, 0.1) is 12.8 Å². The summed E-state index contributed by atoms with van der Waals surface area (Å²) in [5.41, 5.74) is 0.910. The number of nitrogens with zero attached hydrogens (tertiary/aromatic N) is 2. The lowest BCUT2D eigenvalue weighted by atomic mass is 10.1. The minimum absolute atomic E-state index is 0.0561.